The number of benzene rings is 3. The van der Waals surface area contributed by atoms with Crippen molar-refractivity contribution < 1.29 is 27.4 Å². The van der Waals surface area contributed by atoms with E-state index < -0.39 is 15.8 Å². The third-order valence-corrected chi connectivity index (χ3v) is 7.47. The van der Waals surface area contributed by atoms with Gasteiger partial charge >= 0.3 is 0 Å². The molecule has 0 spiro atoms. The summed E-state index contributed by atoms with van der Waals surface area (Å²) in [6, 6.07) is 22.1. The van der Waals surface area contributed by atoms with E-state index in [1.807, 2.05) is 60.0 Å². The van der Waals surface area contributed by atoms with Crippen LogP contribution >= 0.6 is 0 Å². The predicted molar refractivity (Wildman–Crippen MR) is 150 cm³/mol. The number of aromatic nitrogens is 3. The molecule has 0 aliphatic carbocycles. The Balaban J connectivity index is 0.00000118. The number of nitrogens with one attached hydrogen (secondary N) is 1. The SMILES string of the molecule is COc1ncc(-c2ccc3nc(N)n([C@H](C)c4ccccc4)c3c2)cc1S(=O)(=O)Nc1cccc(F)c1.O=CO. The van der Waals surface area contributed by atoms with Gasteiger partial charge in [0, 0.05) is 11.8 Å². The normalized spacial score (nSPS) is 11.8. The minimum atomic E-state index is -4.14. The number of fused-ring (bicyclic) bond motifs is 1. The predicted octanol–water partition coefficient (Wildman–Crippen LogP) is 4.94. The van der Waals surface area contributed by atoms with Crippen molar-refractivity contribution in [1.29, 1.82) is 0 Å². The molecule has 2 aromatic heterocycles. The van der Waals surface area contributed by atoms with Crippen molar-refractivity contribution in [3.63, 3.8) is 0 Å². The molecule has 1 atom stereocenters. The summed E-state index contributed by atoms with van der Waals surface area (Å²) >= 11 is 0. The molecule has 0 saturated carbocycles. The molecule has 5 rings (SSSR count). The largest absolute Gasteiger partial charge is 0.483 e. The van der Waals surface area contributed by atoms with Crippen LogP contribution in [0.5, 0.6) is 5.88 Å². The first-order chi connectivity index (χ1) is 19.2. The van der Waals surface area contributed by atoms with Crippen LogP contribution in [0.4, 0.5) is 16.0 Å². The molecule has 0 saturated heterocycles. The molecule has 4 N–H and O–H groups in total. The summed E-state index contributed by atoms with van der Waals surface area (Å²) < 4.78 is 49.6. The van der Waals surface area contributed by atoms with E-state index in [0.29, 0.717) is 22.6 Å². The molecule has 0 aliphatic heterocycles. The first-order valence-electron chi connectivity index (χ1n) is 11.9. The second-order valence-corrected chi connectivity index (χ2v) is 10.2. The molecular formula is C28H26FN5O5S. The highest BCUT2D eigenvalue weighted by molar-refractivity contribution is 7.92. The van der Waals surface area contributed by atoms with Gasteiger partial charge in [-0.1, -0.05) is 42.5 Å². The number of ether oxygens (including phenoxy) is 1. The average Bonchev–Trinajstić information content (AvgIpc) is 3.27. The number of methoxy groups -OCH3 is 1. The number of pyridine rings is 1. The van der Waals surface area contributed by atoms with Crippen LogP contribution in [0.2, 0.25) is 0 Å². The molecule has 0 aliphatic rings. The lowest BCUT2D eigenvalue weighted by Gasteiger charge is -2.17. The maximum Gasteiger partial charge on any atom is 0.290 e. The molecule has 2 heterocycles. The molecule has 0 amide bonds. The number of sulfonamides is 1. The lowest BCUT2D eigenvalue weighted by Crippen LogP contribution is -2.15. The Bertz CT molecular complexity index is 1760. The van der Waals surface area contributed by atoms with Crippen molar-refractivity contribution in [2.75, 3.05) is 17.6 Å². The van der Waals surface area contributed by atoms with Gasteiger partial charge in [0.15, 0.2) is 0 Å². The van der Waals surface area contributed by atoms with Crippen LogP contribution in [0, 0.1) is 5.82 Å². The second kappa shape index (κ2) is 11.8. The number of carboxylic acid groups (broad SMARTS) is 1. The fourth-order valence-electron chi connectivity index (χ4n) is 4.28. The van der Waals surface area contributed by atoms with Gasteiger partial charge in [0.2, 0.25) is 11.8 Å². The Kier molecular flexibility index (Phi) is 8.29. The van der Waals surface area contributed by atoms with Crippen LogP contribution in [0.3, 0.4) is 0 Å². The molecule has 40 heavy (non-hydrogen) atoms. The number of rotatable bonds is 7. The van der Waals surface area contributed by atoms with Crippen molar-refractivity contribution in [2.45, 2.75) is 17.9 Å². The van der Waals surface area contributed by atoms with Crippen molar-refractivity contribution >= 4 is 39.2 Å². The van der Waals surface area contributed by atoms with Gasteiger partial charge in [-0.3, -0.25) is 9.52 Å². The van der Waals surface area contributed by atoms with Gasteiger partial charge in [-0.2, -0.15) is 0 Å². The first-order valence-corrected chi connectivity index (χ1v) is 13.4. The topological polar surface area (TPSA) is 149 Å². The molecule has 0 bridgehead atoms. The molecular weight excluding hydrogens is 537 g/mol. The zero-order chi connectivity index (χ0) is 28.9. The van der Waals surface area contributed by atoms with Crippen molar-refractivity contribution in [1.82, 2.24) is 14.5 Å². The number of halogens is 1. The lowest BCUT2D eigenvalue weighted by atomic mass is 10.1. The number of anilines is 2. The Labute approximate surface area is 229 Å². The van der Waals surface area contributed by atoms with E-state index in [2.05, 4.69) is 14.7 Å². The number of carbonyl (C=O) groups is 1. The minimum Gasteiger partial charge on any atom is -0.483 e. The Hall–Kier alpha value is -4.97. The zero-order valence-electron chi connectivity index (χ0n) is 21.5. The van der Waals surface area contributed by atoms with Crippen molar-refractivity contribution in [3.8, 4) is 17.0 Å². The summed E-state index contributed by atoms with van der Waals surface area (Å²) in [6.07, 6.45) is 1.53. The lowest BCUT2D eigenvalue weighted by molar-refractivity contribution is -0.122. The van der Waals surface area contributed by atoms with Gasteiger partial charge in [0.25, 0.3) is 16.5 Å². The van der Waals surface area contributed by atoms with E-state index in [-0.39, 0.29) is 29.0 Å². The summed E-state index contributed by atoms with van der Waals surface area (Å²) in [7, 11) is -2.81. The Morgan fingerprint density at radius 3 is 2.45 bits per heavy atom. The molecule has 5 aromatic rings. The molecule has 0 unspecified atom stereocenters. The van der Waals surface area contributed by atoms with E-state index in [4.69, 9.17) is 20.4 Å². The summed E-state index contributed by atoms with van der Waals surface area (Å²) in [6.45, 7) is 1.79. The number of hydrogen-bond donors (Lipinski definition) is 3. The third kappa shape index (κ3) is 5.86. The van der Waals surface area contributed by atoms with E-state index in [1.54, 1.807) is 0 Å². The molecule has 0 fully saturated rings. The van der Waals surface area contributed by atoms with E-state index in [1.165, 1.54) is 37.6 Å². The maximum absolute atomic E-state index is 13.6. The summed E-state index contributed by atoms with van der Waals surface area (Å²) in [4.78, 5) is 16.9. The fourth-order valence-corrected chi connectivity index (χ4v) is 5.47. The van der Waals surface area contributed by atoms with Crippen LogP contribution in [-0.2, 0) is 14.8 Å². The Morgan fingerprint density at radius 1 is 1.05 bits per heavy atom. The smallest absolute Gasteiger partial charge is 0.290 e. The number of nitrogens with two attached hydrogens (primary N) is 1. The standard InChI is InChI=1S/C27H24FN5O3S.CH2O2/c1-17(18-7-4-3-5-8-18)33-24-13-19(11-12-23(24)31-27(33)29)20-14-25(26(36-2)30-16-20)37(34,35)32-22-10-6-9-21(28)15-22;2-1-3/h3-17,32H,1-2H3,(H2,29,31);1H,(H,2,3)/t17-;/m1./s1. The molecule has 3 aromatic carbocycles. The highest BCUT2D eigenvalue weighted by Crippen LogP contribution is 2.33. The van der Waals surface area contributed by atoms with Gasteiger partial charge in [0.05, 0.1) is 29.9 Å². The monoisotopic (exact) mass is 563 g/mol. The van der Waals surface area contributed by atoms with Crippen LogP contribution in [0.25, 0.3) is 22.2 Å². The molecule has 12 heteroatoms. The van der Waals surface area contributed by atoms with Crippen LogP contribution < -0.4 is 15.2 Å². The number of hydrogen-bond acceptors (Lipinski definition) is 7. The average molecular weight is 564 g/mol. The third-order valence-electron chi connectivity index (χ3n) is 6.10. The van der Waals surface area contributed by atoms with Crippen LogP contribution in [-0.4, -0.2) is 41.6 Å². The quantitative estimate of drug-likeness (QED) is 0.236. The van der Waals surface area contributed by atoms with Gasteiger partial charge in [-0.15, -0.1) is 0 Å². The van der Waals surface area contributed by atoms with E-state index in [0.717, 1.165) is 17.1 Å². The summed E-state index contributed by atoms with van der Waals surface area (Å²) in [5, 5.41) is 6.89. The van der Waals surface area contributed by atoms with E-state index >= 15 is 0 Å². The zero-order valence-corrected chi connectivity index (χ0v) is 22.3. The summed E-state index contributed by atoms with van der Waals surface area (Å²) in [5.41, 5.74) is 10.2. The van der Waals surface area contributed by atoms with Crippen molar-refractivity contribution in [2.24, 2.45) is 0 Å². The van der Waals surface area contributed by atoms with Gasteiger partial charge < -0.3 is 20.1 Å². The maximum atomic E-state index is 13.6. The highest BCUT2D eigenvalue weighted by atomic mass is 32.2. The van der Waals surface area contributed by atoms with Gasteiger partial charge in [-0.05, 0) is 54.4 Å². The molecule has 0 radical (unpaired) electrons. The number of nitrogen functional groups attached to an aromatic ring is 1. The first kappa shape index (κ1) is 28.0. The molecule has 10 nitrogen and oxygen atoms in total. The number of nitrogens with zero attached hydrogens (tertiary/aromatic N) is 3. The van der Waals surface area contributed by atoms with E-state index in [9.17, 15) is 12.8 Å². The van der Waals surface area contributed by atoms with Crippen molar-refractivity contribution in [3.05, 3.63) is 96.4 Å². The minimum absolute atomic E-state index is 0.0816. The summed E-state index contributed by atoms with van der Waals surface area (Å²) in [5.74, 6) is -0.271. The van der Waals surface area contributed by atoms with Crippen LogP contribution in [0.1, 0.15) is 18.5 Å². The second-order valence-electron chi connectivity index (χ2n) is 8.58. The Morgan fingerprint density at radius 2 is 1.77 bits per heavy atom. The van der Waals surface area contributed by atoms with Gasteiger partial charge in [0.1, 0.15) is 10.7 Å². The molecule has 206 valence electrons. The highest BCUT2D eigenvalue weighted by Gasteiger charge is 2.23. The number of imidazole rings is 1. The van der Waals surface area contributed by atoms with Gasteiger partial charge in [-0.25, -0.2) is 22.8 Å². The van der Waals surface area contributed by atoms with Crippen LogP contribution in [0.15, 0.2) is 90.0 Å². The fraction of sp³-hybridized carbons (Fsp3) is 0.107.